The second-order valence-corrected chi connectivity index (χ2v) is 6.26. The molecule has 1 spiro atoms. The van der Waals surface area contributed by atoms with E-state index >= 15 is 0 Å². The van der Waals surface area contributed by atoms with Gasteiger partial charge in [0.05, 0.1) is 0 Å². The van der Waals surface area contributed by atoms with Crippen molar-refractivity contribution in [2.45, 2.75) is 51.1 Å². The zero-order valence-electron chi connectivity index (χ0n) is 13.3. The Kier molecular flexibility index (Phi) is 4.57. The third-order valence-electron chi connectivity index (χ3n) is 4.74. The summed E-state index contributed by atoms with van der Waals surface area (Å²) in [7, 11) is 0. The summed E-state index contributed by atoms with van der Waals surface area (Å²) in [6, 6.07) is 0. The van der Waals surface area contributed by atoms with Gasteiger partial charge in [0.2, 0.25) is 11.9 Å². The molecule has 6 nitrogen and oxygen atoms in total. The number of nitrogens with one attached hydrogen (secondary N) is 2. The van der Waals surface area contributed by atoms with Gasteiger partial charge in [-0.15, -0.1) is 0 Å². The molecule has 2 aliphatic rings. The minimum atomic E-state index is -0.294. The molecule has 1 aromatic heterocycles. The fraction of sp³-hybridized carbons (Fsp3) is 0.688. The maximum atomic E-state index is 12.4. The lowest BCUT2D eigenvalue weighted by molar-refractivity contribution is -0.137. The van der Waals surface area contributed by atoms with Gasteiger partial charge in [-0.3, -0.25) is 9.69 Å². The van der Waals surface area contributed by atoms with Gasteiger partial charge in [0.15, 0.2) is 0 Å². The summed E-state index contributed by atoms with van der Waals surface area (Å²) in [4.78, 5) is 23.5. The first kappa shape index (κ1) is 15.2. The van der Waals surface area contributed by atoms with Crippen LogP contribution in [0.4, 0.5) is 5.95 Å². The molecular weight excluding hydrogens is 278 g/mol. The molecule has 120 valence electrons. The Morgan fingerprint density at radius 2 is 2.05 bits per heavy atom. The number of aromatic nitrogens is 2. The van der Waals surface area contributed by atoms with Crippen LogP contribution in [0.3, 0.4) is 0 Å². The molecule has 0 aromatic carbocycles. The van der Waals surface area contributed by atoms with Crippen LogP contribution in [0.25, 0.3) is 0 Å². The van der Waals surface area contributed by atoms with Crippen molar-refractivity contribution in [2.75, 3.05) is 25.0 Å². The van der Waals surface area contributed by atoms with Crippen molar-refractivity contribution in [1.29, 1.82) is 0 Å². The number of rotatable bonds is 5. The lowest BCUT2D eigenvalue weighted by Gasteiger charge is -2.43. The molecule has 3 rings (SSSR count). The molecule has 2 heterocycles. The van der Waals surface area contributed by atoms with Crippen LogP contribution < -0.4 is 10.6 Å². The molecule has 0 bridgehead atoms. The predicted octanol–water partition coefficient (Wildman–Crippen LogP) is 1.54. The van der Waals surface area contributed by atoms with E-state index < -0.39 is 0 Å². The van der Waals surface area contributed by atoms with Crippen molar-refractivity contribution in [2.24, 2.45) is 0 Å². The summed E-state index contributed by atoms with van der Waals surface area (Å²) < 4.78 is 0. The molecule has 1 aliphatic heterocycles. The van der Waals surface area contributed by atoms with Gasteiger partial charge in [-0.1, -0.05) is 19.8 Å². The Hall–Kier alpha value is -1.69. The van der Waals surface area contributed by atoms with Gasteiger partial charge in [-0.25, -0.2) is 9.97 Å². The summed E-state index contributed by atoms with van der Waals surface area (Å²) in [6.07, 6.45) is 9.02. The zero-order valence-corrected chi connectivity index (χ0v) is 13.3. The standard InChI is InChI=1S/C16H25N5O/c1-2-7-18-15-19-10-13(11-20-15)12-21-9-8-17-14(22)16(21)5-3-4-6-16/h10-11H,2-9,12H2,1H3,(H,17,22)(H,18,19,20). The molecule has 1 amide bonds. The van der Waals surface area contributed by atoms with Crippen LogP contribution in [0.1, 0.15) is 44.6 Å². The van der Waals surface area contributed by atoms with Gasteiger partial charge in [-0.05, 0) is 19.3 Å². The first-order valence-corrected chi connectivity index (χ1v) is 8.33. The van der Waals surface area contributed by atoms with Crippen LogP contribution in [0, 0.1) is 0 Å². The highest BCUT2D eigenvalue weighted by molar-refractivity contribution is 5.87. The molecule has 2 N–H and O–H groups in total. The molecule has 1 saturated carbocycles. The van der Waals surface area contributed by atoms with Crippen molar-refractivity contribution >= 4 is 11.9 Å². The third-order valence-corrected chi connectivity index (χ3v) is 4.74. The fourth-order valence-corrected chi connectivity index (χ4v) is 3.55. The van der Waals surface area contributed by atoms with Crippen LogP contribution >= 0.6 is 0 Å². The molecule has 1 saturated heterocycles. The van der Waals surface area contributed by atoms with Crippen LogP contribution in [-0.2, 0) is 11.3 Å². The minimum absolute atomic E-state index is 0.207. The molecular formula is C16H25N5O. The second kappa shape index (κ2) is 6.60. The third kappa shape index (κ3) is 2.92. The second-order valence-electron chi connectivity index (χ2n) is 6.26. The lowest BCUT2D eigenvalue weighted by atomic mass is 9.91. The smallest absolute Gasteiger partial charge is 0.240 e. The van der Waals surface area contributed by atoms with Gasteiger partial charge in [0, 0.05) is 44.1 Å². The van der Waals surface area contributed by atoms with Crippen LogP contribution in [0.5, 0.6) is 0 Å². The van der Waals surface area contributed by atoms with Gasteiger partial charge >= 0.3 is 0 Å². The number of hydrogen-bond donors (Lipinski definition) is 2. The van der Waals surface area contributed by atoms with Crippen molar-refractivity contribution in [3.8, 4) is 0 Å². The summed E-state index contributed by atoms with van der Waals surface area (Å²) in [5, 5.41) is 6.22. The van der Waals surface area contributed by atoms with E-state index in [9.17, 15) is 4.79 Å². The van der Waals surface area contributed by atoms with Crippen LogP contribution in [-0.4, -0.2) is 45.9 Å². The SMILES string of the molecule is CCCNc1ncc(CN2CCNC(=O)C23CCCC3)cn1. The van der Waals surface area contributed by atoms with E-state index in [0.29, 0.717) is 5.95 Å². The largest absolute Gasteiger partial charge is 0.354 e. The van der Waals surface area contributed by atoms with Gasteiger partial charge in [0.1, 0.15) is 5.54 Å². The van der Waals surface area contributed by atoms with Crippen molar-refractivity contribution in [3.63, 3.8) is 0 Å². The van der Waals surface area contributed by atoms with Crippen LogP contribution in [0.15, 0.2) is 12.4 Å². The maximum absolute atomic E-state index is 12.4. The average molecular weight is 303 g/mol. The van der Waals surface area contributed by atoms with E-state index in [-0.39, 0.29) is 11.4 Å². The molecule has 1 aromatic rings. The van der Waals surface area contributed by atoms with Gasteiger partial charge in [0.25, 0.3) is 0 Å². The number of amides is 1. The zero-order chi connectivity index (χ0) is 15.4. The van der Waals surface area contributed by atoms with Crippen molar-refractivity contribution < 1.29 is 4.79 Å². The molecule has 2 fully saturated rings. The molecule has 6 heteroatoms. The Labute approximate surface area is 131 Å². The Morgan fingerprint density at radius 1 is 1.32 bits per heavy atom. The van der Waals surface area contributed by atoms with E-state index in [0.717, 1.165) is 63.8 Å². The first-order valence-electron chi connectivity index (χ1n) is 8.33. The highest BCUT2D eigenvalue weighted by atomic mass is 16.2. The van der Waals surface area contributed by atoms with Crippen molar-refractivity contribution in [1.82, 2.24) is 20.2 Å². The highest BCUT2D eigenvalue weighted by Gasteiger charge is 2.47. The summed E-state index contributed by atoms with van der Waals surface area (Å²) in [5.74, 6) is 0.885. The molecule has 1 aliphatic carbocycles. The van der Waals surface area contributed by atoms with Crippen LogP contribution in [0.2, 0.25) is 0 Å². The number of nitrogens with zero attached hydrogens (tertiary/aromatic N) is 3. The maximum Gasteiger partial charge on any atom is 0.240 e. The van der Waals surface area contributed by atoms with E-state index in [2.05, 4.69) is 32.4 Å². The normalized spacial score (nSPS) is 21.0. The predicted molar refractivity (Wildman–Crippen MR) is 85.4 cm³/mol. The summed E-state index contributed by atoms with van der Waals surface area (Å²) in [5.41, 5.74) is 0.778. The number of anilines is 1. The van der Waals surface area contributed by atoms with Crippen molar-refractivity contribution in [3.05, 3.63) is 18.0 Å². The average Bonchev–Trinajstić information content (AvgIpc) is 3.02. The topological polar surface area (TPSA) is 70.2 Å². The molecule has 0 radical (unpaired) electrons. The molecule has 22 heavy (non-hydrogen) atoms. The number of hydrogen-bond acceptors (Lipinski definition) is 5. The summed E-state index contributed by atoms with van der Waals surface area (Å²) in [6.45, 7) is 5.39. The fourth-order valence-electron chi connectivity index (χ4n) is 3.55. The quantitative estimate of drug-likeness (QED) is 0.863. The monoisotopic (exact) mass is 303 g/mol. The number of piperazine rings is 1. The Bertz CT molecular complexity index is 510. The van der Waals surface area contributed by atoms with E-state index in [1.54, 1.807) is 0 Å². The highest BCUT2D eigenvalue weighted by Crippen LogP contribution is 2.37. The van der Waals surface area contributed by atoms with E-state index in [1.165, 1.54) is 0 Å². The lowest BCUT2D eigenvalue weighted by Crippen LogP contribution is -2.63. The number of carbonyl (C=O) groups is 1. The molecule has 0 unspecified atom stereocenters. The Balaban J connectivity index is 1.69. The Morgan fingerprint density at radius 3 is 2.73 bits per heavy atom. The summed E-state index contributed by atoms with van der Waals surface area (Å²) >= 11 is 0. The van der Waals surface area contributed by atoms with Gasteiger partial charge < -0.3 is 10.6 Å². The minimum Gasteiger partial charge on any atom is -0.354 e. The van der Waals surface area contributed by atoms with E-state index in [1.807, 2.05) is 12.4 Å². The van der Waals surface area contributed by atoms with Gasteiger partial charge in [-0.2, -0.15) is 0 Å². The first-order chi connectivity index (χ1) is 10.7. The number of carbonyl (C=O) groups excluding carboxylic acids is 1. The molecule has 0 atom stereocenters. The van der Waals surface area contributed by atoms with E-state index in [4.69, 9.17) is 0 Å².